The van der Waals surface area contributed by atoms with Gasteiger partial charge in [0.2, 0.25) is 0 Å². The first-order valence-electron chi connectivity index (χ1n) is 3.05. The molecule has 0 aliphatic heterocycles. The van der Waals surface area contributed by atoms with Crippen molar-refractivity contribution < 1.29 is 0 Å². The predicted molar refractivity (Wildman–Crippen MR) is 41.6 cm³/mol. The maximum Gasteiger partial charge on any atom is 0.0401 e. The van der Waals surface area contributed by atoms with Crippen LogP contribution in [0.15, 0.2) is 24.5 Å². The molecule has 0 saturated carbocycles. The predicted octanol–water partition coefficient (Wildman–Crippen LogP) is 1.67. The zero-order valence-corrected chi connectivity index (χ0v) is 6.54. The second-order valence-electron chi connectivity index (χ2n) is 2.12. The number of hydrogen-bond acceptors (Lipinski definition) is 2. The van der Waals surface area contributed by atoms with Crippen LogP contribution in [-0.4, -0.2) is 16.5 Å². The fraction of sp³-hybridized carbons (Fsp3) is 0.286. The number of aromatic nitrogens is 1. The molecule has 1 rings (SSSR count). The summed E-state index contributed by atoms with van der Waals surface area (Å²) in [4.78, 5) is 3.95. The van der Waals surface area contributed by atoms with Crippen LogP contribution < -0.4 is 0 Å². The molecule has 0 spiro atoms. The molecule has 0 fully saturated rings. The van der Waals surface area contributed by atoms with Crippen LogP contribution in [0.5, 0.6) is 0 Å². The van der Waals surface area contributed by atoms with Gasteiger partial charge in [-0.1, -0.05) is 6.07 Å². The van der Waals surface area contributed by atoms with E-state index in [9.17, 15) is 0 Å². The fourth-order valence-electron chi connectivity index (χ4n) is 0.743. The van der Waals surface area contributed by atoms with Gasteiger partial charge < -0.3 is 0 Å². The van der Waals surface area contributed by atoms with Gasteiger partial charge in [-0.05, 0) is 23.4 Å². The van der Waals surface area contributed by atoms with Gasteiger partial charge >= 0.3 is 0 Å². The maximum absolute atomic E-state index is 5.62. The number of hydrogen-bond donors (Lipinski definition) is 0. The SMILES string of the molecule is CN(Cl)Cc1cccnc1. The van der Waals surface area contributed by atoms with Crippen LogP contribution in [0.4, 0.5) is 0 Å². The summed E-state index contributed by atoms with van der Waals surface area (Å²) < 4.78 is 1.59. The van der Waals surface area contributed by atoms with E-state index in [0.717, 1.165) is 12.1 Å². The smallest absolute Gasteiger partial charge is 0.0401 e. The van der Waals surface area contributed by atoms with Crippen molar-refractivity contribution in [3.8, 4) is 0 Å². The summed E-state index contributed by atoms with van der Waals surface area (Å²) in [5.74, 6) is 0. The van der Waals surface area contributed by atoms with Crippen molar-refractivity contribution in [2.45, 2.75) is 6.54 Å². The molecule has 0 bridgehead atoms. The van der Waals surface area contributed by atoms with Crippen LogP contribution in [0.1, 0.15) is 5.56 Å². The molecule has 0 unspecified atom stereocenters. The van der Waals surface area contributed by atoms with E-state index in [2.05, 4.69) is 4.98 Å². The quantitative estimate of drug-likeness (QED) is 0.606. The average Bonchev–Trinajstić information content (AvgIpc) is 1.88. The van der Waals surface area contributed by atoms with Crippen molar-refractivity contribution in [1.82, 2.24) is 9.40 Å². The summed E-state index contributed by atoms with van der Waals surface area (Å²) in [6.07, 6.45) is 3.55. The lowest BCUT2D eigenvalue weighted by molar-refractivity contribution is 0.545. The van der Waals surface area contributed by atoms with Gasteiger partial charge in [-0.3, -0.25) is 4.98 Å². The van der Waals surface area contributed by atoms with Gasteiger partial charge in [0.1, 0.15) is 0 Å². The lowest BCUT2D eigenvalue weighted by Gasteiger charge is -2.04. The Hall–Kier alpha value is -0.600. The molecule has 1 heterocycles. The fourth-order valence-corrected chi connectivity index (χ4v) is 0.881. The monoisotopic (exact) mass is 156 g/mol. The Morgan fingerprint density at radius 2 is 2.50 bits per heavy atom. The van der Waals surface area contributed by atoms with Crippen LogP contribution in [-0.2, 0) is 6.54 Å². The third-order valence-corrected chi connectivity index (χ3v) is 1.24. The molecule has 0 saturated heterocycles. The highest BCUT2D eigenvalue weighted by molar-refractivity contribution is 6.13. The Kier molecular flexibility index (Phi) is 2.66. The molecule has 0 radical (unpaired) electrons. The summed E-state index contributed by atoms with van der Waals surface area (Å²) in [5, 5.41) is 0. The van der Waals surface area contributed by atoms with Crippen LogP contribution in [0.25, 0.3) is 0 Å². The first kappa shape index (κ1) is 7.51. The Morgan fingerprint density at radius 3 is 3.00 bits per heavy atom. The van der Waals surface area contributed by atoms with Crippen molar-refractivity contribution in [2.75, 3.05) is 7.05 Å². The minimum Gasteiger partial charge on any atom is -0.264 e. The molecule has 54 valence electrons. The highest BCUT2D eigenvalue weighted by atomic mass is 35.5. The van der Waals surface area contributed by atoms with Gasteiger partial charge in [0, 0.05) is 26.0 Å². The minimum atomic E-state index is 0.732. The molecule has 0 aromatic carbocycles. The largest absolute Gasteiger partial charge is 0.264 e. The van der Waals surface area contributed by atoms with E-state index < -0.39 is 0 Å². The first-order valence-corrected chi connectivity index (χ1v) is 3.38. The van der Waals surface area contributed by atoms with Crippen molar-refractivity contribution >= 4 is 11.8 Å². The highest BCUT2D eigenvalue weighted by Gasteiger charge is 1.93. The standard InChI is InChI=1S/C7H9ClN2/c1-10(8)6-7-3-2-4-9-5-7/h2-5H,6H2,1H3. The molecule has 0 amide bonds. The van der Waals surface area contributed by atoms with Gasteiger partial charge in [0.15, 0.2) is 0 Å². The topological polar surface area (TPSA) is 16.1 Å². The normalized spacial score (nSPS) is 10.3. The van der Waals surface area contributed by atoms with Crippen molar-refractivity contribution in [3.63, 3.8) is 0 Å². The molecule has 0 atom stereocenters. The molecule has 3 heteroatoms. The molecular weight excluding hydrogens is 148 g/mol. The molecule has 1 aromatic heterocycles. The second kappa shape index (κ2) is 3.54. The number of pyridine rings is 1. The van der Waals surface area contributed by atoms with Gasteiger partial charge in [0.05, 0.1) is 0 Å². The van der Waals surface area contributed by atoms with E-state index in [0.29, 0.717) is 0 Å². The lowest BCUT2D eigenvalue weighted by atomic mass is 10.3. The van der Waals surface area contributed by atoms with Crippen molar-refractivity contribution in [3.05, 3.63) is 30.1 Å². The Bertz CT molecular complexity index is 186. The van der Waals surface area contributed by atoms with E-state index in [1.54, 1.807) is 16.8 Å². The Labute approximate surface area is 65.6 Å². The lowest BCUT2D eigenvalue weighted by Crippen LogP contribution is -2.03. The van der Waals surface area contributed by atoms with Crippen molar-refractivity contribution in [1.29, 1.82) is 0 Å². The molecule has 0 aliphatic carbocycles. The zero-order valence-electron chi connectivity index (χ0n) is 5.79. The van der Waals surface area contributed by atoms with Crippen LogP contribution >= 0.6 is 11.8 Å². The van der Waals surface area contributed by atoms with Gasteiger partial charge in [0.25, 0.3) is 0 Å². The van der Waals surface area contributed by atoms with Gasteiger partial charge in [-0.15, -0.1) is 0 Å². The third kappa shape index (κ3) is 2.33. The molecule has 0 aliphatic rings. The molecule has 10 heavy (non-hydrogen) atoms. The van der Waals surface area contributed by atoms with E-state index in [4.69, 9.17) is 11.8 Å². The zero-order chi connectivity index (χ0) is 7.40. The summed E-state index contributed by atoms with van der Waals surface area (Å²) >= 11 is 5.62. The molecular formula is C7H9ClN2. The Balaban J connectivity index is 2.59. The maximum atomic E-state index is 5.62. The molecule has 0 N–H and O–H groups in total. The molecule has 1 aromatic rings. The average molecular weight is 157 g/mol. The van der Waals surface area contributed by atoms with Crippen LogP contribution in [0.3, 0.4) is 0 Å². The van der Waals surface area contributed by atoms with Crippen LogP contribution in [0, 0.1) is 0 Å². The van der Waals surface area contributed by atoms with Crippen LogP contribution in [0.2, 0.25) is 0 Å². The number of rotatable bonds is 2. The van der Waals surface area contributed by atoms with Crippen molar-refractivity contribution in [2.24, 2.45) is 0 Å². The second-order valence-corrected chi connectivity index (χ2v) is 2.70. The van der Waals surface area contributed by atoms with E-state index in [1.807, 2.05) is 19.2 Å². The third-order valence-electron chi connectivity index (χ3n) is 1.12. The summed E-state index contributed by atoms with van der Waals surface area (Å²) in [6.45, 7) is 0.732. The number of nitrogens with zero attached hydrogens (tertiary/aromatic N) is 2. The first-order chi connectivity index (χ1) is 4.79. The number of halogens is 1. The van der Waals surface area contributed by atoms with E-state index in [-0.39, 0.29) is 0 Å². The van der Waals surface area contributed by atoms with Gasteiger partial charge in [-0.25, -0.2) is 4.42 Å². The minimum absolute atomic E-state index is 0.732. The Morgan fingerprint density at radius 1 is 1.70 bits per heavy atom. The summed E-state index contributed by atoms with van der Waals surface area (Å²) in [6, 6.07) is 3.89. The highest BCUT2D eigenvalue weighted by Crippen LogP contribution is 2.01. The summed E-state index contributed by atoms with van der Waals surface area (Å²) in [7, 11) is 1.81. The summed E-state index contributed by atoms with van der Waals surface area (Å²) in [5.41, 5.74) is 1.13. The van der Waals surface area contributed by atoms with E-state index >= 15 is 0 Å². The molecule has 2 nitrogen and oxygen atoms in total. The van der Waals surface area contributed by atoms with E-state index in [1.165, 1.54) is 0 Å². The van der Waals surface area contributed by atoms with Gasteiger partial charge in [-0.2, -0.15) is 0 Å².